The van der Waals surface area contributed by atoms with E-state index in [0.29, 0.717) is 5.69 Å². The lowest BCUT2D eigenvalue weighted by Crippen LogP contribution is -2.32. The molecule has 0 aliphatic rings. The van der Waals surface area contributed by atoms with Gasteiger partial charge in [0.15, 0.2) is 0 Å². The highest BCUT2D eigenvalue weighted by atomic mass is 32.2. The largest absolute Gasteiger partial charge is 0.311 e. The number of anilines is 1. The maximum absolute atomic E-state index is 14.3. The van der Waals surface area contributed by atoms with Crippen LogP contribution in [0.15, 0.2) is 65.6 Å². The molecule has 5 nitrogen and oxygen atoms in total. The third kappa shape index (κ3) is 4.02. The van der Waals surface area contributed by atoms with Gasteiger partial charge in [0.2, 0.25) is 10.0 Å². The fourth-order valence-corrected chi connectivity index (χ4v) is 4.78. The summed E-state index contributed by atoms with van der Waals surface area (Å²) >= 11 is 0. The number of benzene rings is 3. The predicted octanol–water partition coefficient (Wildman–Crippen LogP) is 4.29. The molecule has 3 rings (SSSR count). The van der Waals surface area contributed by atoms with Crippen molar-refractivity contribution in [2.24, 2.45) is 0 Å². The monoisotopic (exact) mass is 414 g/mol. The lowest BCUT2D eigenvalue weighted by molar-refractivity contribution is 0.0992. The zero-order valence-corrected chi connectivity index (χ0v) is 17.4. The molecule has 0 spiro atoms. The van der Waals surface area contributed by atoms with E-state index in [-0.39, 0.29) is 18.7 Å². The molecule has 7 heteroatoms. The quantitative estimate of drug-likeness (QED) is 0.605. The minimum absolute atomic E-state index is 0.104. The Kier molecular flexibility index (Phi) is 6.00. The summed E-state index contributed by atoms with van der Waals surface area (Å²) in [4.78, 5) is 13.9. The van der Waals surface area contributed by atoms with E-state index in [1.165, 1.54) is 11.0 Å². The fraction of sp³-hybridized carbons (Fsp3) is 0.227. The van der Waals surface area contributed by atoms with Crippen LogP contribution in [0.4, 0.5) is 10.1 Å². The van der Waals surface area contributed by atoms with Crippen LogP contribution in [-0.4, -0.2) is 38.8 Å². The molecule has 0 aromatic heterocycles. The van der Waals surface area contributed by atoms with E-state index in [2.05, 4.69) is 0 Å². The zero-order chi connectivity index (χ0) is 21.2. The lowest BCUT2D eigenvalue weighted by atomic mass is 10.1. The molecule has 0 saturated carbocycles. The first-order chi connectivity index (χ1) is 13.8. The van der Waals surface area contributed by atoms with Crippen molar-refractivity contribution < 1.29 is 17.6 Å². The Bertz CT molecular complexity index is 1160. The van der Waals surface area contributed by atoms with Crippen LogP contribution in [0.1, 0.15) is 24.2 Å². The molecule has 152 valence electrons. The number of halogens is 1. The highest BCUT2D eigenvalue weighted by Gasteiger charge is 2.27. The van der Waals surface area contributed by atoms with E-state index < -0.39 is 26.6 Å². The molecule has 1 amide bonds. The number of fused-ring (bicyclic) bond motifs is 1. The molecule has 3 aromatic carbocycles. The highest BCUT2D eigenvalue weighted by Crippen LogP contribution is 2.25. The first-order valence-electron chi connectivity index (χ1n) is 9.36. The molecular weight excluding hydrogens is 391 g/mol. The van der Waals surface area contributed by atoms with Gasteiger partial charge in [-0.25, -0.2) is 12.8 Å². The standard InChI is InChI=1S/C22H23FN2O3S/c1-4-25(5-2)29(27,28)21-15-18(11-13-20(21)23)22(26)24(3)19-12-10-16-8-6-7-9-17(16)14-19/h6-15H,4-5H2,1-3H3. The van der Waals surface area contributed by atoms with Crippen LogP contribution < -0.4 is 4.90 Å². The average molecular weight is 415 g/mol. The Morgan fingerprint density at radius 3 is 2.24 bits per heavy atom. The van der Waals surface area contributed by atoms with Crippen molar-refractivity contribution >= 4 is 32.4 Å². The van der Waals surface area contributed by atoms with Crippen LogP contribution in [0.25, 0.3) is 10.8 Å². The number of rotatable bonds is 6. The molecule has 0 bridgehead atoms. The van der Waals surface area contributed by atoms with Gasteiger partial charge in [-0.3, -0.25) is 4.79 Å². The van der Waals surface area contributed by atoms with E-state index in [9.17, 15) is 17.6 Å². The average Bonchev–Trinajstić information content (AvgIpc) is 2.73. The Morgan fingerprint density at radius 2 is 1.59 bits per heavy atom. The van der Waals surface area contributed by atoms with E-state index in [1.807, 2.05) is 42.5 Å². The lowest BCUT2D eigenvalue weighted by Gasteiger charge is -2.21. The number of nitrogens with zero attached hydrogens (tertiary/aromatic N) is 2. The van der Waals surface area contributed by atoms with Crippen LogP contribution in [-0.2, 0) is 10.0 Å². The summed E-state index contributed by atoms with van der Waals surface area (Å²) in [6.07, 6.45) is 0. The van der Waals surface area contributed by atoms with Gasteiger partial charge in [-0.1, -0.05) is 44.2 Å². The van der Waals surface area contributed by atoms with Gasteiger partial charge in [0.05, 0.1) is 0 Å². The third-order valence-electron chi connectivity index (χ3n) is 4.93. The van der Waals surface area contributed by atoms with Crippen molar-refractivity contribution in [3.05, 3.63) is 72.0 Å². The van der Waals surface area contributed by atoms with Gasteiger partial charge in [0.1, 0.15) is 10.7 Å². The summed E-state index contributed by atoms with van der Waals surface area (Å²) in [5.41, 5.74) is 0.763. The summed E-state index contributed by atoms with van der Waals surface area (Å²) in [7, 11) is -2.41. The first-order valence-corrected chi connectivity index (χ1v) is 10.8. The Balaban J connectivity index is 1.98. The molecule has 0 radical (unpaired) electrons. The molecule has 0 saturated heterocycles. The molecule has 3 aromatic rings. The van der Waals surface area contributed by atoms with Crippen molar-refractivity contribution in [2.75, 3.05) is 25.0 Å². The Hall–Kier alpha value is -2.77. The zero-order valence-electron chi connectivity index (χ0n) is 16.6. The Labute approximate surface area is 170 Å². The maximum atomic E-state index is 14.3. The van der Waals surface area contributed by atoms with Gasteiger partial charge in [-0.2, -0.15) is 4.31 Å². The number of carbonyl (C=O) groups is 1. The van der Waals surface area contributed by atoms with Crippen molar-refractivity contribution in [1.82, 2.24) is 4.31 Å². The second-order valence-corrected chi connectivity index (χ2v) is 8.54. The summed E-state index contributed by atoms with van der Waals surface area (Å²) < 4.78 is 41.0. The van der Waals surface area contributed by atoms with Crippen LogP contribution in [0, 0.1) is 5.82 Å². The Morgan fingerprint density at radius 1 is 0.931 bits per heavy atom. The summed E-state index contributed by atoms with van der Waals surface area (Å²) in [6.45, 7) is 3.80. The molecule has 0 fully saturated rings. The predicted molar refractivity (Wildman–Crippen MR) is 113 cm³/mol. The SMILES string of the molecule is CCN(CC)S(=O)(=O)c1cc(C(=O)N(C)c2ccc3ccccc3c2)ccc1F. The van der Waals surface area contributed by atoms with Gasteiger partial charge >= 0.3 is 0 Å². The van der Waals surface area contributed by atoms with Crippen LogP contribution in [0.5, 0.6) is 0 Å². The molecule has 29 heavy (non-hydrogen) atoms. The van der Waals surface area contributed by atoms with Gasteiger partial charge in [-0.15, -0.1) is 0 Å². The van der Waals surface area contributed by atoms with Crippen molar-refractivity contribution in [1.29, 1.82) is 0 Å². The van der Waals surface area contributed by atoms with Crippen LogP contribution in [0.3, 0.4) is 0 Å². The van der Waals surface area contributed by atoms with Gasteiger partial charge in [0, 0.05) is 31.4 Å². The minimum Gasteiger partial charge on any atom is -0.311 e. The van der Waals surface area contributed by atoms with Gasteiger partial charge in [0.25, 0.3) is 5.91 Å². The topological polar surface area (TPSA) is 57.7 Å². The summed E-state index contributed by atoms with van der Waals surface area (Å²) in [6, 6.07) is 16.8. The second kappa shape index (κ2) is 8.31. The van der Waals surface area contributed by atoms with E-state index in [1.54, 1.807) is 20.9 Å². The maximum Gasteiger partial charge on any atom is 0.258 e. The minimum atomic E-state index is -4.02. The van der Waals surface area contributed by atoms with Crippen LogP contribution in [0.2, 0.25) is 0 Å². The van der Waals surface area contributed by atoms with Gasteiger partial charge < -0.3 is 4.90 Å². The number of carbonyl (C=O) groups excluding carboxylic acids is 1. The summed E-state index contributed by atoms with van der Waals surface area (Å²) in [5, 5.41) is 2.03. The molecular formula is C22H23FN2O3S. The third-order valence-corrected chi connectivity index (χ3v) is 6.99. The fourth-order valence-electron chi connectivity index (χ4n) is 3.23. The van der Waals surface area contributed by atoms with Crippen molar-refractivity contribution in [3.8, 4) is 0 Å². The number of amides is 1. The molecule has 0 unspecified atom stereocenters. The smallest absolute Gasteiger partial charge is 0.258 e. The normalized spacial score (nSPS) is 11.8. The molecule has 0 N–H and O–H groups in total. The second-order valence-electron chi connectivity index (χ2n) is 6.63. The number of hydrogen-bond acceptors (Lipinski definition) is 3. The van der Waals surface area contributed by atoms with E-state index in [4.69, 9.17) is 0 Å². The molecule has 0 heterocycles. The highest BCUT2D eigenvalue weighted by molar-refractivity contribution is 7.89. The first kappa shape index (κ1) is 21.0. The molecule has 0 atom stereocenters. The van der Waals surface area contributed by atoms with Gasteiger partial charge in [-0.05, 0) is 41.1 Å². The number of sulfonamides is 1. The summed E-state index contributed by atoms with van der Waals surface area (Å²) in [5.74, 6) is -1.29. The van der Waals surface area contributed by atoms with E-state index >= 15 is 0 Å². The van der Waals surface area contributed by atoms with E-state index in [0.717, 1.165) is 27.2 Å². The number of hydrogen-bond donors (Lipinski definition) is 0. The van der Waals surface area contributed by atoms with Crippen molar-refractivity contribution in [3.63, 3.8) is 0 Å². The molecule has 0 aliphatic heterocycles. The van der Waals surface area contributed by atoms with Crippen molar-refractivity contribution in [2.45, 2.75) is 18.7 Å². The van der Waals surface area contributed by atoms with Crippen LogP contribution >= 0.6 is 0 Å². The molecule has 0 aliphatic carbocycles.